The minimum atomic E-state index is -0.425. The van der Waals surface area contributed by atoms with Crippen LogP contribution in [0.4, 0.5) is 10.1 Å². The molecule has 0 saturated heterocycles. The molecule has 104 valence electrons. The van der Waals surface area contributed by atoms with Gasteiger partial charge in [-0.15, -0.1) is 11.8 Å². The average molecular weight is 310 g/mol. The topological polar surface area (TPSA) is 29.1 Å². The molecule has 5 heteroatoms. The van der Waals surface area contributed by atoms with Crippen molar-refractivity contribution in [2.75, 3.05) is 11.1 Å². The monoisotopic (exact) mass is 309 g/mol. The number of halogens is 2. The fourth-order valence-corrected chi connectivity index (χ4v) is 2.62. The molecule has 0 atom stereocenters. The molecule has 0 radical (unpaired) electrons. The molecule has 0 aliphatic heterocycles. The molecule has 0 aromatic heterocycles. The van der Waals surface area contributed by atoms with Crippen molar-refractivity contribution in [2.24, 2.45) is 0 Å². The highest BCUT2D eigenvalue weighted by Gasteiger charge is 2.07. The Kier molecular flexibility index (Phi) is 5.44. The van der Waals surface area contributed by atoms with Gasteiger partial charge in [0, 0.05) is 5.75 Å². The summed E-state index contributed by atoms with van der Waals surface area (Å²) >= 11 is 7.36. The fourth-order valence-electron chi connectivity index (χ4n) is 1.61. The molecule has 0 aliphatic rings. The van der Waals surface area contributed by atoms with Gasteiger partial charge in [-0.1, -0.05) is 41.9 Å². The van der Waals surface area contributed by atoms with Gasteiger partial charge in [-0.25, -0.2) is 4.39 Å². The van der Waals surface area contributed by atoms with Crippen LogP contribution in [0.5, 0.6) is 0 Å². The number of rotatable bonds is 5. The van der Waals surface area contributed by atoms with Gasteiger partial charge in [0.15, 0.2) is 0 Å². The number of amides is 1. The van der Waals surface area contributed by atoms with E-state index in [0.29, 0.717) is 11.4 Å². The van der Waals surface area contributed by atoms with Crippen LogP contribution in [0.15, 0.2) is 48.5 Å². The third kappa shape index (κ3) is 4.54. The number of hydrogen-bond donors (Lipinski definition) is 1. The molecule has 0 saturated carbocycles. The van der Waals surface area contributed by atoms with Crippen LogP contribution < -0.4 is 5.32 Å². The predicted molar refractivity (Wildman–Crippen MR) is 82.6 cm³/mol. The lowest BCUT2D eigenvalue weighted by atomic mass is 10.2. The summed E-state index contributed by atoms with van der Waals surface area (Å²) in [5.74, 6) is 0.513. The minimum Gasteiger partial charge on any atom is -0.324 e. The van der Waals surface area contributed by atoms with Crippen LogP contribution in [-0.4, -0.2) is 11.7 Å². The summed E-state index contributed by atoms with van der Waals surface area (Å²) in [4.78, 5) is 11.8. The number of carbonyl (C=O) groups excluding carboxylic acids is 1. The van der Waals surface area contributed by atoms with Crippen LogP contribution in [0.25, 0.3) is 0 Å². The zero-order valence-corrected chi connectivity index (χ0v) is 12.2. The van der Waals surface area contributed by atoms with Crippen molar-refractivity contribution >= 4 is 35.0 Å². The first-order valence-corrected chi connectivity index (χ1v) is 7.55. The maximum absolute atomic E-state index is 12.9. The molecule has 2 nitrogen and oxygen atoms in total. The van der Waals surface area contributed by atoms with Gasteiger partial charge in [0.25, 0.3) is 0 Å². The summed E-state index contributed by atoms with van der Waals surface area (Å²) < 4.78 is 12.9. The van der Waals surface area contributed by atoms with Gasteiger partial charge in [0.05, 0.1) is 16.5 Å². The van der Waals surface area contributed by atoms with Crippen LogP contribution in [0, 0.1) is 5.82 Å². The Bertz CT molecular complexity index is 592. The van der Waals surface area contributed by atoms with Crippen molar-refractivity contribution in [3.8, 4) is 0 Å². The Morgan fingerprint density at radius 3 is 2.65 bits per heavy atom. The van der Waals surface area contributed by atoms with Gasteiger partial charge in [-0.2, -0.15) is 0 Å². The van der Waals surface area contributed by atoms with Crippen molar-refractivity contribution in [3.05, 3.63) is 64.9 Å². The molecule has 2 aromatic carbocycles. The SMILES string of the molecule is O=C(CSCc1ccccc1)Nc1ccc(F)cc1Cl. The Morgan fingerprint density at radius 1 is 1.20 bits per heavy atom. The lowest BCUT2D eigenvalue weighted by Crippen LogP contribution is -2.14. The lowest BCUT2D eigenvalue weighted by Gasteiger charge is -2.07. The quantitative estimate of drug-likeness (QED) is 0.889. The number of benzene rings is 2. The van der Waals surface area contributed by atoms with E-state index in [-0.39, 0.29) is 10.9 Å². The normalized spacial score (nSPS) is 10.3. The summed E-state index contributed by atoms with van der Waals surface area (Å²) in [5.41, 5.74) is 1.60. The van der Waals surface area contributed by atoms with Gasteiger partial charge in [-0.3, -0.25) is 4.79 Å². The van der Waals surface area contributed by atoms with E-state index < -0.39 is 5.82 Å². The zero-order chi connectivity index (χ0) is 14.4. The van der Waals surface area contributed by atoms with Crippen molar-refractivity contribution < 1.29 is 9.18 Å². The second kappa shape index (κ2) is 7.31. The molecule has 1 N–H and O–H groups in total. The zero-order valence-electron chi connectivity index (χ0n) is 10.6. The molecular formula is C15H13ClFNOS. The van der Waals surface area contributed by atoms with E-state index in [2.05, 4.69) is 5.32 Å². The molecule has 2 rings (SSSR count). The number of nitrogens with one attached hydrogen (secondary N) is 1. The van der Waals surface area contributed by atoms with E-state index in [9.17, 15) is 9.18 Å². The van der Waals surface area contributed by atoms with Crippen molar-refractivity contribution in [2.45, 2.75) is 5.75 Å². The second-order valence-electron chi connectivity index (χ2n) is 4.15. The van der Waals surface area contributed by atoms with Crippen molar-refractivity contribution in [1.29, 1.82) is 0 Å². The van der Waals surface area contributed by atoms with Crippen LogP contribution >= 0.6 is 23.4 Å². The van der Waals surface area contributed by atoms with Crippen LogP contribution in [0.3, 0.4) is 0 Å². The molecule has 2 aromatic rings. The summed E-state index contributed by atoms with van der Waals surface area (Å²) in [6, 6.07) is 13.8. The van der Waals surface area contributed by atoms with E-state index >= 15 is 0 Å². The summed E-state index contributed by atoms with van der Waals surface area (Å²) in [7, 11) is 0. The highest BCUT2D eigenvalue weighted by atomic mass is 35.5. The Hall–Kier alpha value is -1.52. The van der Waals surface area contributed by atoms with Gasteiger partial charge in [0.2, 0.25) is 5.91 Å². The lowest BCUT2D eigenvalue weighted by molar-refractivity contribution is -0.113. The highest BCUT2D eigenvalue weighted by molar-refractivity contribution is 7.99. The van der Waals surface area contributed by atoms with Gasteiger partial charge in [-0.05, 0) is 23.8 Å². The Labute approximate surface area is 126 Å². The van der Waals surface area contributed by atoms with E-state index in [1.165, 1.54) is 35.5 Å². The average Bonchev–Trinajstić information content (AvgIpc) is 2.43. The van der Waals surface area contributed by atoms with Gasteiger partial charge in [0.1, 0.15) is 5.82 Å². The highest BCUT2D eigenvalue weighted by Crippen LogP contribution is 2.22. The van der Waals surface area contributed by atoms with Crippen molar-refractivity contribution in [3.63, 3.8) is 0 Å². The molecule has 0 fully saturated rings. The predicted octanol–water partition coefficient (Wildman–Crippen LogP) is 4.35. The molecule has 1 amide bonds. The molecule has 0 bridgehead atoms. The maximum Gasteiger partial charge on any atom is 0.234 e. The molecular weight excluding hydrogens is 297 g/mol. The second-order valence-corrected chi connectivity index (χ2v) is 5.54. The third-order valence-electron chi connectivity index (χ3n) is 2.55. The van der Waals surface area contributed by atoms with Gasteiger partial charge >= 0.3 is 0 Å². The van der Waals surface area contributed by atoms with E-state index in [0.717, 1.165) is 5.75 Å². The van der Waals surface area contributed by atoms with E-state index in [4.69, 9.17) is 11.6 Å². The van der Waals surface area contributed by atoms with E-state index in [1.807, 2.05) is 30.3 Å². The molecule has 0 spiro atoms. The Balaban J connectivity index is 1.81. The summed E-state index contributed by atoms with van der Waals surface area (Å²) in [6.07, 6.45) is 0. The standard InChI is InChI=1S/C15H13ClFNOS/c16-13-8-12(17)6-7-14(13)18-15(19)10-20-9-11-4-2-1-3-5-11/h1-8H,9-10H2,(H,18,19). The smallest absolute Gasteiger partial charge is 0.234 e. The Morgan fingerprint density at radius 2 is 1.95 bits per heavy atom. The van der Waals surface area contributed by atoms with Crippen LogP contribution in [0.2, 0.25) is 5.02 Å². The number of hydrogen-bond acceptors (Lipinski definition) is 2. The third-order valence-corrected chi connectivity index (χ3v) is 3.87. The molecule has 0 heterocycles. The number of anilines is 1. The summed E-state index contributed by atoms with van der Waals surface area (Å²) in [6.45, 7) is 0. The first-order chi connectivity index (χ1) is 9.65. The number of thioether (sulfide) groups is 1. The molecule has 20 heavy (non-hydrogen) atoms. The number of carbonyl (C=O) groups is 1. The van der Waals surface area contributed by atoms with E-state index in [1.54, 1.807) is 0 Å². The first kappa shape index (κ1) is 14.9. The minimum absolute atomic E-state index is 0.153. The maximum atomic E-state index is 12.9. The largest absolute Gasteiger partial charge is 0.324 e. The molecule has 0 unspecified atom stereocenters. The van der Waals surface area contributed by atoms with Gasteiger partial charge < -0.3 is 5.32 Å². The first-order valence-electron chi connectivity index (χ1n) is 6.02. The summed E-state index contributed by atoms with van der Waals surface area (Å²) in [5, 5.41) is 2.87. The molecule has 0 aliphatic carbocycles. The van der Waals surface area contributed by atoms with Crippen molar-refractivity contribution in [1.82, 2.24) is 0 Å². The van der Waals surface area contributed by atoms with Crippen LogP contribution in [0.1, 0.15) is 5.56 Å². The van der Waals surface area contributed by atoms with Crippen LogP contribution in [-0.2, 0) is 10.5 Å². The fraction of sp³-hybridized carbons (Fsp3) is 0.133.